The third-order valence-electron chi connectivity index (χ3n) is 0.823. The van der Waals surface area contributed by atoms with E-state index in [4.69, 9.17) is 0 Å². The van der Waals surface area contributed by atoms with Crippen LogP contribution in [0.1, 0.15) is 0 Å². The van der Waals surface area contributed by atoms with E-state index in [9.17, 15) is 8.42 Å². The molecule has 9 heavy (non-hydrogen) atoms. The van der Waals surface area contributed by atoms with Gasteiger partial charge in [-0.05, 0) is 11.9 Å². The maximum atomic E-state index is 10.6. The Kier molecular flexibility index (Phi) is 1.78. The summed E-state index contributed by atoms with van der Waals surface area (Å²) >= 11 is 1.19. The number of hydrogen-bond donors (Lipinski definition) is 1. The fourth-order valence-corrected chi connectivity index (χ4v) is 2.05. The highest BCUT2D eigenvalue weighted by Gasteiger charge is 2.20. The number of sulfone groups is 1. The predicted octanol–water partition coefficient (Wildman–Crippen LogP) is -0.406. The van der Waals surface area contributed by atoms with Crippen molar-refractivity contribution in [3.05, 3.63) is 0 Å². The van der Waals surface area contributed by atoms with Crippen molar-refractivity contribution >= 4 is 27.3 Å². The Hall–Kier alpha value is -0.0700. The maximum Gasteiger partial charge on any atom is 0.211 e. The summed E-state index contributed by atoms with van der Waals surface area (Å²) in [6.07, 6.45) is 1.15. The molecule has 1 aliphatic heterocycles. The van der Waals surface area contributed by atoms with E-state index in [1.54, 1.807) is 0 Å². The highest BCUT2D eigenvalue weighted by atomic mass is 32.2. The van der Waals surface area contributed by atoms with Crippen LogP contribution in [0, 0.1) is 0 Å². The highest BCUT2D eigenvalue weighted by Crippen LogP contribution is 2.08. The zero-order valence-electron chi connectivity index (χ0n) is 4.73. The number of nitrogens with zero attached hydrogens (tertiary/aromatic N) is 1. The second kappa shape index (κ2) is 2.28. The molecule has 1 N–H and O–H groups in total. The summed E-state index contributed by atoms with van der Waals surface area (Å²) in [6.45, 7) is 0. The predicted molar refractivity (Wildman–Crippen MR) is 37.9 cm³/mol. The van der Waals surface area contributed by atoms with Crippen molar-refractivity contribution < 1.29 is 8.42 Å². The molecule has 52 valence electrons. The molecule has 0 spiro atoms. The van der Waals surface area contributed by atoms with Gasteiger partial charge in [0.15, 0.2) is 9.84 Å². The molecule has 0 fully saturated rings. The molecule has 0 saturated carbocycles. The van der Waals surface area contributed by atoms with E-state index in [1.807, 2.05) is 0 Å². The monoisotopic (exact) mass is 166 g/mol. The Bertz CT molecular complexity index is 220. The van der Waals surface area contributed by atoms with E-state index in [1.165, 1.54) is 17.5 Å². The minimum atomic E-state index is -3.03. The lowest BCUT2D eigenvalue weighted by molar-refractivity contribution is 0.586. The standard InChI is InChI=1S/C3H6N2O2S2/c1-9(6,7)3-4-2-8-5-3/h2-3,5H,1H3. The summed E-state index contributed by atoms with van der Waals surface area (Å²) in [5, 5.41) is 0. The van der Waals surface area contributed by atoms with E-state index in [0.717, 1.165) is 6.26 Å². The fraction of sp³-hybridized carbons (Fsp3) is 0.667. The van der Waals surface area contributed by atoms with Crippen LogP contribution in [0.2, 0.25) is 0 Å². The molecule has 0 saturated heterocycles. The van der Waals surface area contributed by atoms with Gasteiger partial charge in [0.2, 0.25) is 5.50 Å². The van der Waals surface area contributed by atoms with Gasteiger partial charge >= 0.3 is 0 Å². The second-order valence-corrected chi connectivity index (χ2v) is 4.46. The van der Waals surface area contributed by atoms with Gasteiger partial charge in [0.25, 0.3) is 0 Å². The second-order valence-electron chi connectivity index (χ2n) is 1.67. The first kappa shape index (κ1) is 7.04. The van der Waals surface area contributed by atoms with Crippen LogP contribution < -0.4 is 4.72 Å². The lowest BCUT2D eigenvalue weighted by Gasteiger charge is -2.01. The number of nitrogens with one attached hydrogen (secondary N) is 1. The van der Waals surface area contributed by atoms with Crippen molar-refractivity contribution in [2.75, 3.05) is 6.26 Å². The SMILES string of the molecule is CS(=O)(=O)C1N=CSN1. The minimum Gasteiger partial charge on any atom is -0.249 e. The average Bonchev–Trinajstić information content (AvgIpc) is 2.08. The largest absolute Gasteiger partial charge is 0.249 e. The van der Waals surface area contributed by atoms with Gasteiger partial charge in [-0.1, -0.05) is 0 Å². The van der Waals surface area contributed by atoms with Crippen molar-refractivity contribution in [2.24, 2.45) is 4.99 Å². The normalized spacial score (nSPS) is 27.0. The Labute approximate surface area is 57.8 Å². The molecule has 0 aromatic rings. The van der Waals surface area contributed by atoms with Crippen molar-refractivity contribution in [3.8, 4) is 0 Å². The van der Waals surface area contributed by atoms with Gasteiger partial charge < -0.3 is 0 Å². The molecular formula is C3H6N2O2S2. The summed E-state index contributed by atoms with van der Waals surface area (Å²) in [7, 11) is -3.03. The van der Waals surface area contributed by atoms with E-state index in [2.05, 4.69) is 9.71 Å². The van der Waals surface area contributed by atoms with E-state index in [-0.39, 0.29) is 0 Å². The molecule has 0 aromatic heterocycles. The minimum absolute atomic E-state index is 0.734. The zero-order chi connectivity index (χ0) is 6.91. The van der Waals surface area contributed by atoms with Crippen molar-refractivity contribution in [1.82, 2.24) is 4.72 Å². The van der Waals surface area contributed by atoms with Crippen LogP contribution in [-0.2, 0) is 9.84 Å². The van der Waals surface area contributed by atoms with E-state index < -0.39 is 15.3 Å². The van der Waals surface area contributed by atoms with Crippen LogP contribution in [-0.4, -0.2) is 25.7 Å². The summed E-state index contributed by atoms with van der Waals surface area (Å²) in [5.41, 5.74) is 0.744. The summed E-state index contributed by atoms with van der Waals surface area (Å²) in [6, 6.07) is 0. The van der Waals surface area contributed by atoms with Crippen LogP contribution >= 0.6 is 11.9 Å². The third kappa shape index (κ3) is 1.67. The number of hydrogen-bond acceptors (Lipinski definition) is 5. The van der Waals surface area contributed by atoms with Gasteiger partial charge in [-0.15, -0.1) is 0 Å². The van der Waals surface area contributed by atoms with Gasteiger partial charge in [0.1, 0.15) is 0 Å². The molecule has 0 bridgehead atoms. The van der Waals surface area contributed by atoms with Crippen molar-refractivity contribution in [3.63, 3.8) is 0 Å². The van der Waals surface area contributed by atoms with Crippen LogP contribution in [0.25, 0.3) is 0 Å². The van der Waals surface area contributed by atoms with Crippen LogP contribution in [0.5, 0.6) is 0 Å². The van der Waals surface area contributed by atoms with Gasteiger partial charge in [0.05, 0.1) is 5.55 Å². The van der Waals surface area contributed by atoms with E-state index in [0.29, 0.717) is 0 Å². The lowest BCUT2D eigenvalue weighted by Crippen LogP contribution is -2.25. The summed E-state index contributed by atoms with van der Waals surface area (Å²) in [4.78, 5) is 3.65. The van der Waals surface area contributed by atoms with Crippen LogP contribution in [0.15, 0.2) is 4.99 Å². The van der Waals surface area contributed by atoms with Gasteiger partial charge in [-0.3, -0.25) is 0 Å². The first-order chi connectivity index (χ1) is 4.11. The highest BCUT2D eigenvalue weighted by molar-refractivity contribution is 8.11. The molecule has 0 radical (unpaired) electrons. The van der Waals surface area contributed by atoms with Crippen molar-refractivity contribution in [2.45, 2.75) is 5.50 Å². The molecule has 1 unspecified atom stereocenters. The topological polar surface area (TPSA) is 58.5 Å². The Morgan fingerprint density at radius 3 is 2.67 bits per heavy atom. The molecule has 4 nitrogen and oxygen atoms in total. The quantitative estimate of drug-likeness (QED) is 0.538. The molecule has 0 aliphatic carbocycles. The molecule has 0 aromatic carbocycles. The van der Waals surface area contributed by atoms with E-state index >= 15 is 0 Å². The van der Waals surface area contributed by atoms with Gasteiger partial charge in [-0.25, -0.2) is 18.1 Å². The third-order valence-corrected chi connectivity index (χ3v) is 2.61. The number of aliphatic imine (C=N–C) groups is 1. The summed E-state index contributed by atoms with van der Waals surface area (Å²) < 4.78 is 23.9. The molecular weight excluding hydrogens is 160 g/mol. The van der Waals surface area contributed by atoms with Gasteiger partial charge in [-0.2, -0.15) is 0 Å². The first-order valence-electron chi connectivity index (χ1n) is 2.22. The van der Waals surface area contributed by atoms with Crippen molar-refractivity contribution in [1.29, 1.82) is 0 Å². The smallest absolute Gasteiger partial charge is 0.211 e. The molecule has 1 heterocycles. The lowest BCUT2D eigenvalue weighted by atomic mass is 11.2. The maximum absolute atomic E-state index is 10.6. The first-order valence-corrected chi connectivity index (χ1v) is 5.06. The molecule has 1 atom stereocenters. The molecule has 0 amide bonds. The van der Waals surface area contributed by atoms with Crippen LogP contribution in [0.4, 0.5) is 0 Å². The molecule has 6 heteroatoms. The van der Waals surface area contributed by atoms with Crippen LogP contribution in [0.3, 0.4) is 0 Å². The van der Waals surface area contributed by atoms with Gasteiger partial charge in [0, 0.05) is 6.26 Å². The molecule has 1 rings (SSSR count). The number of rotatable bonds is 1. The molecule has 1 aliphatic rings. The Balaban J connectivity index is 2.76. The Morgan fingerprint density at radius 2 is 2.44 bits per heavy atom. The fourth-order valence-electron chi connectivity index (χ4n) is 0.403. The summed E-state index contributed by atoms with van der Waals surface area (Å²) in [5.74, 6) is 0. The average molecular weight is 166 g/mol. The Morgan fingerprint density at radius 1 is 1.78 bits per heavy atom. The zero-order valence-corrected chi connectivity index (χ0v) is 6.37.